The van der Waals surface area contributed by atoms with Gasteiger partial charge in [0.05, 0.1) is 16.4 Å². The van der Waals surface area contributed by atoms with E-state index >= 15 is 0 Å². The van der Waals surface area contributed by atoms with Gasteiger partial charge in [-0.15, -0.1) is 0 Å². The van der Waals surface area contributed by atoms with Gasteiger partial charge in [-0.05, 0) is 31.2 Å². The number of halogens is 2. The number of ether oxygens (including phenoxy) is 1. The van der Waals surface area contributed by atoms with E-state index in [1.165, 1.54) is 10.7 Å². The Labute approximate surface area is 165 Å². The number of carbonyl (C=O) groups excluding carboxylic acids is 1. The van der Waals surface area contributed by atoms with Gasteiger partial charge in [0.2, 0.25) is 0 Å². The molecule has 0 unspecified atom stereocenters. The van der Waals surface area contributed by atoms with Gasteiger partial charge in [-0.1, -0.05) is 41.4 Å². The molecule has 0 aliphatic heterocycles. The Morgan fingerprint density at radius 1 is 1.15 bits per heavy atom. The summed E-state index contributed by atoms with van der Waals surface area (Å²) in [7, 11) is 1.75. The third-order valence-corrected chi connectivity index (χ3v) is 4.62. The molecule has 27 heavy (non-hydrogen) atoms. The van der Waals surface area contributed by atoms with Gasteiger partial charge in [0.1, 0.15) is 11.4 Å². The van der Waals surface area contributed by atoms with Crippen molar-refractivity contribution in [2.24, 2.45) is 7.05 Å². The quantitative estimate of drug-likeness (QED) is 0.701. The van der Waals surface area contributed by atoms with E-state index < -0.39 is 5.91 Å². The smallest absolute Gasteiger partial charge is 0.295 e. The van der Waals surface area contributed by atoms with E-state index in [9.17, 15) is 9.59 Å². The Balaban J connectivity index is 1.79. The van der Waals surface area contributed by atoms with Gasteiger partial charge in [0, 0.05) is 18.1 Å². The van der Waals surface area contributed by atoms with E-state index in [4.69, 9.17) is 27.9 Å². The van der Waals surface area contributed by atoms with Gasteiger partial charge in [0.15, 0.2) is 6.61 Å². The normalized spacial score (nSPS) is 10.7. The third kappa shape index (κ3) is 4.02. The van der Waals surface area contributed by atoms with Gasteiger partial charge >= 0.3 is 0 Å². The van der Waals surface area contributed by atoms with E-state index in [2.05, 4.69) is 5.32 Å². The molecule has 6 nitrogen and oxygen atoms in total. The van der Waals surface area contributed by atoms with Crippen LogP contribution in [0.5, 0.6) is 5.75 Å². The highest BCUT2D eigenvalue weighted by atomic mass is 35.5. The number of amides is 1. The molecule has 0 aliphatic carbocycles. The molecular formula is C19H17Cl2N3O3. The number of nitrogens with one attached hydrogen (secondary N) is 1. The van der Waals surface area contributed by atoms with E-state index in [0.717, 1.165) is 0 Å². The second-order valence-corrected chi connectivity index (χ2v) is 6.69. The van der Waals surface area contributed by atoms with Crippen LogP contribution < -0.4 is 15.6 Å². The zero-order valence-corrected chi connectivity index (χ0v) is 16.2. The zero-order valence-electron chi connectivity index (χ0n) is 14.7. The maximum Gasteiger partial charge on any atom is 0.295 e. The van der Waals surface area contributed by atoms with Crippen LogP contribution in [0.15, 0.2) is 53.3 Å². The molecule has 0 atom stereocenters. The van der Waals surface area contributed by atoms with Crippen LogP contribution in [0.3, 0.4) is 0 Å². The van der Waals surface area contributed by atoms with Crippen LogP contribution in [0.25, 0.3) is 5.69 Å². The van der Waals surface area contributed by atoms with Crippen LogP contribution in [-0.4, -0.2) is 21.9 Å². The van der Waals surface area contributed by atoms with Crippen molar-refractivity contribution in [2.75, 3.05) is 11.9 Å². The van der Waals surface area contributed by atoms with Crippen molar-refractivity contribution in [1.82, 2.24) is 9.36 Å². The van der Waals surface area contributed by atoms with Crippen LogP contribution >= 0.6 is 23.2 Å². The predicted molar refractivity (Wildman–Crippen MR) is 106 cm³/mol. The molecule has 0 radical (unpaired) electrons. The first-order chi connectivity index (χ1) is 12.9. The molecule has 0 aliphatic rings. The number of hydrogen-bond donors (Lipinski definition) is 1. The lowest BCUT2D eigenvalue weighted by molar-refractivity contribution is -0.118. The number of hydrogen-bond acceptors (Lipinski definition) is 3. The highest BCUT2D eigenvalue weighted by Gasteiger charge is 2.18. The summed E-state index contributed by atoms with van der Waals surface area (Å²) in [6.45, 7) is 1.45. The van der Waals surface area contributed by atoms with Crippen LogP contribution in [0.4, 0.5) is 5.69 Å². The number of anilines is 1. The van der Waals surface area contributed by atoms with Gasteiger partial charge in [-0.25, -0.2) is 4.68 Å². The molecule has 3 aromatic rings. The molecular weight excluding hydrogens is 389 g/mol. The summed E-state index contributed by atoms with van der Waals surface area (Å²) in [5.41, 5.74) is 1.20. The zero-order chi connectivity index (χ0) is 19.6. The number of aromatic nitrogens is 2. The molecule has 1 heterocycles. The lowest BCUT2D eigenvalue weighted by atomic mass is 10.3. The van der Waals surface area contributed by atoms with Crippen molar-refractivity contribution in [3.05, 3.63) is 74.6 Å². The second-order valence-electron chi connectivity index (χ2n) is 5.85. The summed E-state index contributed by atoms with van der Waals surface area (Å²) in [6.07, 6.45) is 0. The summed E-state index contributed by atoms with van der Waals surface area (Å²) in [5.74, 6) is -0.178. The summed E-state index contributed by atoms with van der Waals surface area (Å²) in [6, 6.07) is 13.9. The summed E-state index contributed by atoms with van der Waals surface area (Å²) in [5, 5.41) is 3.41. The van der Waals surface area contributed by atoms with E-state index in [1.54, 1.807) is 30.8 Å². The fourth-order valence-electron chi connectivity index (χ4n) is 2.62. The average Bonchev–Trinajstić information content (AvgIpc) is 2.86. The number of rotatable bonds is 5. The van der Waals surface area contributed by atoms with E-state index in [-0.39, 0.29) is 17.9 Å². The Morgan fingerprint density at radius 2 is 1.85 bits per heavy atom. The lowest BCUT2D eigenvalue weighted by Crippen LogP contribution is -2.25. The SMILES string of the molecule is Cc1c(NC(=O)COc2cc(Cl)ccc2Cl)c(=O)n(-c2ccccc2)n1C. The van der Waals surface area contributed by atoms with Crippen molar-refractivity contribution in [2.45, 2.75) is 6.92 Å². The molecule has 0 saturated carbocycles. The van der Waals surface area contributed by atoms with E-state index in [1.807, 2.05) is 30.3 Å². The molecule has 140 valence electrons. The largest absolute Gasteiger partial charge is 0.482 e. The van der Waals surface area contributed by atoms with Crippen LogP contribution in [0.1, 0.15) is 5.69 Å². The van der Waals surface area contributed by atoms with Crippen LogP contribution in [-0.2, 0) is 11.8 Å². The third-order valence-electron chi connectivity index (χ3n) is 4.07. The molecule has 1 amide bonds. The molecule has 0 saturated heterocycles. The van der Waals surface area contributed by atoms with Crippen LogP contribution in [0, 0.1) is 6.92 Å². The maximum absolute atomic E-state index is 12.8. The summed E-state index contributed by atoms with van der Waals surface area (Å²) < 4.78 is 8.58. The predicted octanol–water partition coefficient (Wildman–Crippen LogP) is 3.81. The first kappa shape index (κ1) is 19.1. The summed E-state index contributed by atoms with van der Waals surface area (Å²) >= 11 is 11.9. The Bertz CT molecular complexity index is 1040. The van der Waals surface area contributed by atoms with Crippen molar-refractivity contribution in [3.63, 3.8) is 0 Å². The highest BCUT2D eigenvalue weighted by Crippen LogP contribution is 2.27. The van der Waals surface area contributed by atoms with Gasteiger partial charge in [-0.3, -0.25) is 14.3 Å². The number of nitrogens with zero attached hydrogens (tertiary/aromatic N) is 2. The number of benzene rings is 2. The van der Waals surface area contributed by atoms with Crippen LogP contribution in [0.2, 0.25) is 10.0 Å². The van der Waals surface area contributed by atoms with Gasteiger partial charge in [0.25, 0.3) is 11.5 Å². The average molecular weight is 406 g/mol. The maximum atomic E-state index is 12.8. The summed E-state index contributed by atoms with van der Waals surface area (Å²) in [4.78, 5) is 25.0. The number of carbonyl (C=O) groups is 1. The molecule has 0 fully saturated rings. The fourth-order valence-corrected chi connectivity index (χ4v) is 2.95. The minimum atomic E-state index is -0.475. The van der Waals surface area contributed by atoms with Crippen molar-refractivity contribution < 1.29 is 9.53 Å². The van der Waals surface area contributed by atoms with Gasteiger partial charge in [-0.2, -0.15) is 0 Å². The first-order valence-electron chi connectivity index (χ1n) is 8.10. The van der Waals surface area contributed by atoms with Crippen molar-refractivity contribution in [1.29, 1.82) is 0 Å². The molecule has 1 N–H and O–H groups in total. The monoisotopic (exact) mass is 405 g/mol. The molecule has 1 aromatic heterocycles. The molecule has 2 aromatic carbocycles. The van der Waals surface area contributed by atoms with Gasteiger partial charge < -0.3 is 10.1 Å². The fraction of sp³-hybridized carbons (Fsp3) is 0.158. The number of para-hydroxylation sites is 1. The Morgan fingerprint density at radius 3 is 2.56 bits per heavy atom. The molecule has 3 rings (SSSR count). The highest BCUT2D eigenvalue weighted by molar-refractivity contribution is 6.34. The molecule has 8 heteroatoms. The standard InChI is InChI=1S/C19H17Cl2N3O3/c1-12-18(19(26)24(23(12)2)14-6-4-3-5-7-14)22-17(25)11-27-16-10-13(20)8-9-15(16)21/h3-10H,11H2,1-2H3,(H,22,25). The van der Waals surface area contributed by atoms with Crippen molar-refractivity contribution in [3.8, 4) is 11.4 Å². The Kier molecular flexibility index (Phi) is 5.58. The lowest BCUT2D eigenvalue weighted by Gasteiger charge is -2.08. The minimum Gasteiger partial charge on any atom is -0.482 e. The molecule has 0 bridgehead atoms. The second kappa shape index (κ2) is 7.90. The minimum absolute atomic E-state index is 0.201. The van der Waals surface area contributed by atoms with E-state index in [0.29, 0.717) is 27.2 Å². The topological polar surface area (TPSA) is 65.3 Å². The molecule has 0 spiro atoms. The van der Waals surface area contributed by atoms with Crippen molar-refractivity contribution >= 4 is 34.8 Å². The Hall–Kier alpha value is -2.70. The first-order valence-corrected chi connectivity index (χ1v) is 8.86.